The van der Waals surface area contributed by atoms with Crippen molar-refractivity contribution in [2.24, 2.45) is 0 Å². The first kappa shape index (κ1) is 16.6. The Kier molecular flexibility index (Phi) is 5.64. The van der Waals surface area contributed by atoms with E-state index in [4.69, 9.17) is 20.9 Å². The molecule has 0 aliphatic rings. The van der Waals surface area contributed by atoms with Crippen LogP contribution in [0.1, 0.15) is 16.7 Å². The van der Waals surface area contributed by atoms with Crippen molar-refractivity contribution < 1.29 is 22.6 Å². The van der Waals surface area contributed by atoms with Crippen molar-refractivity contribution in [3.8, 4) is 0 Å². The normalized spacial score (nSPS) is 11.8. The van der Waals surface area contributed by atoms with E-state index in [-0.39, 0.29) is 30.0 Å². The molecule has 114 valence electrons. The quantitative estimate of drug-likeness (QED) is 0.789. The number of nitrogen functional groups attached to an aromatic ring is 2. The predicted molar refractivity (Wildman–Crippen MR) is 71.4 cm³/mol. The van der Waals surface area contributed by atoms with Gasteiger partial charge >= 0.3 is 6.18 Å². The molecule has 7 heteroatoms. The third kappa shape index (κ3) is 3.77. The molecule has 1 rings (SSSR count). The number of alkyl halides is 3. The molecule has 0 atom stereocenters. The lowest BCUT2D eigenvalue weighted by molar-refractivity contribution is -0.137. The molecule has 0 amide bonds. The molecule has 0 aliphatic carbocycles. The summed E-state index contributed by atoms with van der Waals surface area (Å²) in [6.45, 7) is 0.499. The van der Waals surface area contributed by atoms with Crippen molar-refractivity contribution >= 4 is 11.4 Å². The highest BCUT2D eigenvalue weighted by Crippen LogP contribution is 2.40. The van der Waals surface area contributed by atoms with Gasteiger partial charge in [-0.3, -0.25) is 0 Å². The number of rotatable bonds is 6. The predicted octanol–water partition coefficient (Wildman–Crippen LogP) is 2.25. The number of hydrogen-bond donors (Lipinski definition) is 2. The smallest absolute Gasteiger partial charge is 0.398 e. The zero-order chi connectivity index (χ0) is 15.3. The summed E-state index contributed by atoms with van der Waals surface area (Å²) in [6, 6.07) is 1.27. The first-order chi connectivity index (χ1) is 9.32. The minimum absolute atomic E-state index is 0.00884. The molecule has 0 fully saturated rings. The number of anilines is 2. The SMILES string of the molecule is COCCc1cc(N)c(C(F)(F)F)c(CCOC)c1N. The largest absolute Gasteiger partial charge is 0.418 e. The number of halogens is 3. The van der Waals surface area contributed by atoms with E-state index < -0.39 is 11.7 Å². The molecule has 0 spiro atoms. The van der Waals surface area contributed by atoms with Gasteiger partial charge in [-0.25, -0.2) is 0 Å². The zero-order valence-electron chi connectivity index (χ0n) is 11.5. The van der Waals surface area contributed by atoms with Crippen molar-refractivity contribution in [3.05, 3.63) is 22.8 Å². The van der Waals surface area contributed by atoms with Gasteiger partial charge in [-0.1, -0.05) is 0 Å². The average Bonchev–Trinajstić information content (AvgIpc) is 2.35. The lowest BCUT2D eigenvalue weighted by Crippen LogP contribution is -2.17. The Morgan fingerprint density at radius 3 is 2.10 bits per heavy atom. The fourth-order valence-corrected chi connectivity index (χ4v) is 2.06. The fraction of sp³-hybridized carbons (Fsp3) is 0.538. The monoisotopic (exact) mass is 292 g/mol. The standard InChI is InChI=1S/C13H19F3N2O2/c1-19-5-3-8-7-10(17)11(13(14,15)16)9(12(8)18)4-6-20-2/h7H,3-6,17-18H2,1-2H3. The van der Waals surface area contributed by atoms with Gasteiger partial charge in [-0.2, -0.15) is 13.2 Å². The second-order valence-electron chi connectivity index (χ2n) is 4.38. The molecule has 1 aromatic rings. The summed E-state index contributed by atoms with van der Waals surface area (Å²) < 4.78 is 49.1. The summed E-state index contributed by atoms with van der Waals surface area (Å²) in [6.07, 6.45) is -4.08. The van der Waals surface area contributed by atoms with Crippen LogP contribution in [-0.4, -0.2) is 27.4 Å². The Morgan fingerprint density at radius 1 is 1.05 bits per heavy atom. The molecule has 0 saturated carbocycles. The van der Waals surface area contributed by atoms with Crippen LogP contribution in [-0.2, 0) is 28.5 Å². The average molecular weight is 292 g/mol. The number of ether oxygens (including phenoxy) is 2. The van der Waals surface area contributed by atoms with Crippen LogP contribution < -0.4 is 11.5 Å². The third-order valence-electron chi connectivity index (χ3n) is 3.01. The van der Waals surface area contributed by atoms with E-state index in [9.17, 15) is 13.2 Å². The maximum atomic E-state index is 13.1. The van der Waals surface area contributed by atoms with Crippen molar-refractivity contribution in [3.63, 3.8) is 0 Å². The van der Waals surface area contributed by atoms with Crippen LogP contribution >= 0.6 is 0 Å². The molecule has 0 aromatic heterocycles. The van der Waals surface area contributed by atoms with Crippen LogP contribution in [0.2, 0.25) is 0 Å². The number of methoxy groups -OCH3 is 2. The lowest BCUT2D eigenvalue weighted by atomic mass is 9.95. The van der Waals surface area contributed by atoms with E-state index in [1.54, 1.807) is 0 Å². The van der Waals surface area contributed by atoms with E-state index in [1.807, 2.05) is 0 Å². The zero-order valence-corrected chi connectivity index (χ0v) is 11.5. The van der Waals surface area contributed by atoms with E-state index in [1.165, 1.54) is 20.3 Å². The van der Waals surface area contributed by atoms with Gasteiger partial charge in [0.05, 0.1) is 18.8 Å². The van der Waals surface area contributed by atoms with Gasteiger partial charge in [0.15, 0.2) is 0 Å². The summed E-state index contributed by atoms with van der Waals surface area (Å²) in [5.41, 5.74) is 10.9. The molecule has 0 radical (unpaired) electrons. The first-order valence-corrected chi connectivity index (χ1v) is 6.07. The van der Waals surface area contributed by atoms with Crippen molar-refractivity contribution in [2.45, 2.75) is 19.0 Å². The topological polar surface area (TPSA) is 70.5 Å². The summed E-state index contributed by atoms with van der Waals surface area (Å²) >= 11 is 0. The Morgan fingerprint density at radius 2 is 1.60 bits per heavy atom. The summed E-state index contributed by atoms with van der Waals surface area (Å²) in [5.74, 6) is 0. The molecule has 0 heterocycles. The Hall–Kier alpha value is -1.47. The molecule has 4 nitrogen and oxygen atoms in total. The highest BCUT2D eigenvalue weighted by Gasteiger charge is 2.37. The first-order valence-electron chi connectivity index (χ1n) is 6.07. The van der Waals surface area contributed by atoms with Crippen molar-refractivity contribution in [2.75, 3.05) is 38.9 Å². The van der Waals surface area contributed by atoms with Crippen LogP contribution in [0.15, 0.2) is 6.07 Å². The van der Waals surface area contributed by atoms with Crippen LogP contribution in [0.5, 0.6) is 0 Å². The second kappa shape index (κ2) is 6.81. The highest BCUT2D eigenvalue weighted by molar-refractivity contribution is 5.67. The van der Waals surface area contributed by atoms with Gasteiger partial charge in [-0.05, 0) is 30.0 Å². The van der Waals surface area contributed by atoms with Gasteiger partial charge in [0.25, 0.3) is 0 Å². The number of hydrogen-bond acceptors (Lipinski definition) is 4. The number of nitrogens with two attached hydrogens (primary N) is 2. The molecule has 4 N–H and O–H groups in total. The van der Waals surface area contributed by atoms with E-state index in [0.717, 1.165) is 0 Å². The van der Waals surface area contributed by atoms with Crippen molar-refractivity contribution in [1.29, 1.82) is 0 Å². The summed E-state index contributed by atoms with van der Waals surface area (Å²) in [4.78, 5) is 0. The van der Waals surface area contributed by atoms with E-state index in [0.29, 0.717) is 18.6 Å². The van der Waals surface area contributed by atoms with Crippen LogP contribution in [0.4, 0.5) is 24.5 Å². The maximum absolute atomic E-state index is 13.1. The molecule has 20 heavy (non-hydrogen) atoms. The van der Waals surface area contributed by atoms with Gasteiger partial charge < -0.3 is 20.9 Å². The Labute approximate surface area is 115 Å². The van der Waals surface area contributed by atoms with Gasteiger partial charge in [0.2, 0.25) is 0 Å². The Balaban J connectivity index is 3.33. The number of benzene rings is 1. The second-order valence-corrected chi connectivity index (χ2v) is 4.38. The minimum Gasteiger partial charge on any atom is -0.398 e. The van der Waals surface area contributed by atoms with Gasteiger partial charge in [-0.15, -0.1) is 0 Å². The molecular weight excluding hydrogens is 273 g/mol. The van der Waals surface area contributed by atoms with Crippen LogP contribution in [0.3, 0.4) is 0 Å². The maximum Gasteiger partial charge on any atom is 0.418 e. The summed E-state index contributed by atoms with van der Waals surface area (Å²) in [5, 5.41) is 0. The molecule has 0 aliphatic heterocycles. The summed E-state index contributed by atoms with van der Waals surface area (Å²) in [7, 11) is 2.93. The lowest BCUT2D eigenvalue weighted by Gasteiger charge is -2.20. The van der Waals surface area contributed by atoms with Crippen LogP contribution in [0, 0.1) is 0 Å². The molecule has 1 aromatic carbocycles. The third-order valence-corrected chi connectivity index (χ3v) is 3.01. The van der Waals surface area contributed by atoms with E-state index >= 15 is 0 Å². The van der Waals surface area contributed by atoms with Gasteiger partial charge in [0, 0.05) is 25.6 Å². The molecular formula is C13H19F3N2O2. The van der Waals surface area contributed by atoms with Crippen LogP contribution in [0.25, 0.3) is 0 Å². The van der Waals surface area contributed by atoms with Gasteiger partial charge in [0.1, 0.15) is 0 Å². The minimum atomic E-state index is -4.54. The van der Waals surface area contributed by atoms with E-state index in [2.05, 4.69) is 0 Å². The highest BCUT2D eigenvalue weighted by atomic mass is 19.4. The van der Waals surface area contributed by atoms with Crippen molar-refractivity contribution in [1.82, 2.24) is 0 Å². The molecule has 0 saturated heterocycles. The molecule has 0 unspecified atom stereocenters. The molecule has 0 bridgehead atoms. The Bertz CT molecular complexity index is 462. The fourth-order valence-electron chi connectivity index (χ4n) is 2.06.